The fraction of sp³-hybridized carbons (Fsp3) is 0.105. The Kier molecular flexibility index (Phi) is 3.51. The molecule has 0 aliphatic carbocycles. The molecule has 0 saturated carbocycles. The molecule has 2 N–H and O–H groups in total. The van der Waals surface area contributed by atoms with E-state index >= 15 is 0 Å². The number of H-pyrrole nitrogens is 1. The lowest BCUT2D eigenvalue weighted by Crippen LogP contribution is -2.09. The second kappa shape index (κ2) is 5.60. The van der Waals surface area contributed by atoms with Gasteiger partial charge in [0.1, 0.15) is 0 Å². The molecule has 126 valence electrons. The molecule has 6 heteroatoms. The minimum absolute atomic E-state index is 0.545. The lowest BCUT2D eigenvalue weighted by Gasteiger charge is -2.08. The van der Waals surface area contributed by atoms with Crippen molar-refractivity contribution >= 4 is 37.5 Å². The number of anilines is 1. The van der Waals surface area contributed by atoms with Crippen molar-refractivity contribution in [3.63, 3.8) is 0 Å². The van der Waals surface area contributed by atoms with Crippen molar-refractivity contribution in [1.82, 2.24) is 9.97 Å². The van der Waals surface area contributed by atoms with E-state index in [1.807, 2.05) is 49.4 Å². The molecule has 0 radical (unpaired) electrons. The van der Waals surface area contributed by atoms with E-state index in [0.717, 1.165) is 44.9 Å². The Morgan fingerprint density at radius 3 is 2.68 bits per heavy atom. The Labute approximate surface area is 145 Å². The largest absolute Gasteiger partial charge is 0.358 e. The lowest BCUT2D eigenvalue weighted by molar-refractivity contribution is 0.607. The van der Waals surface area contributed by atoms with E-state index < -0.39 is 10.0 Å². The smallest absolute Gasteiger partial charge is 0.229 e. The van der Waals surface area contributed by atoms with E-state index in [4.69, 9.17) is 0 Å². The number of hydrogen-bond acceptors (Lipinski definition) is 3. The fourth-order valence-electron chi connectivity index (χ4n) is 3.26. The number of sulfonamides is 1. The topological polar surface area (TPSA) is 74.8 Å². The van der Waals surface area contributed by atoms with Gasteiger partial charge in [-0.25, -0.2) is 8.42 Å². The van der Waals surface area contributed by atoms with Crippen LogP contribution < -0.4 is 4.72 Å². The zero-order chi connectivity index (χ0) is 17.6. The van der Waals surface area contributed by atoms with E-state index in [1.165, 1.54) is 0 Å². The van der Waals surface area contributed by atoms with Gasteiger partial charge >= 0.3 is 0 Å². The first-order chi connectivity index (χ1) is 11.9. The summed E-state index contributed by atoms with van der Waals surface area (Å²) in [4.78, 5) is 7.92. The van der Waals surface area contributed by atoms with Gasteiger partial charge in [-0.15, -0.1) is 0 Å². The van der Waals surface area contributed by atoms with Crippen molar-refractivity contribution in [2.24, 2.45) is 0 Å². The van der Waals surface area contributed by atoms with Gasteiger partial charge in [0.15, 0.2) is 0 Å². The molecule has 0 amide bonds. The average Bonchev–Trinajstić information content (AvgIpc) is 2.88. The number of pyridine rings is 1. The predicted molar refractivity (Wildman–Crippen MR) is 102 cm³/mol. The fourth-order valence-corrected chi connectivity index (χ4v) is 3.81. The van der Waals surface area contributed by atoms with Crippen molar-refractivity contribution < 1.29 is 8.42 Å². The Morgan fingerprint density at radius 1 is 1.08 bits per heavy atom. The second-order valence-electron chi connectivity index (χ2n) is 6.14. The van der Waals surface area contributed by atoms with Crippen molar-refractivity contribution in [1.29, 1.82) is 0 Å². The molecule has 0 fully saturated rings. The molecule has 0 spiro atoms. The van der Waals surface area contributed by atoms with Crippen LogP contribution in [0.2, 0.25) is 0 Å². The standard InChI is InChI=1S/C19H17N3O2S/c1-12-18(15-7-3-5-13-6-4-10-20-19(13)15)16-11-14(22-25(2,23)24)8-9-17(16)21-12/h3-11,21-22H,1-2H3. The highest BCUT2D eigenvalue weighted by molar-refractivity contribution is 7.92. The van der Waals surface area contributed by atoms with Gasteiger partial charge in [0.2, 0.25) is 10.0 Å². The summed E-state index contributed by atoms with van der Waals surface area (Å²) in [7, 11) is -3.32. The average molecular weight is 351 g/mol. The summed E-state index contributed by atoms with van der Waals surface area (Å²) in [6.45, 7) is 2.01. The second-order valence-corrected chi connectivity index (χ2v) is 7.89. The van der Waals surface area contributed by atoms with E-state index in [0.29, 0.717) is 5.69 Å². The van der Waals surface area contributed by atoms with Gasteiger partial charge in [0.05, 0.1) is 11.8 Å². The van der Waals surface area contributed by atoms with Crippen LogP contribution in [0.1, 0.15) is 5.69 Å². The molecule has 0 aliphatic heterocycles. The Balaban J connectivity index is 2.00. The van der Waals surface area contributed by atoms with E-state index in [2.05, 4.69) is 14.7 Å². The predicted octanol–water partition coefficient (Wildman–Crippen LogP) is 4.06. The number of fused-ring (bicyclic) bond motifs is 2. The number of aryl methyl sites for hydroxylation is 1. The van der Waals surface area contributed by atoms with Crippen LogP contribution in [0.4, 0.5) is 5.69 Å². The van der Waals surface area contributed by atoms with Crippen LogP contribution >= 0.6 is 0 Å². The summed E-state index contributed by atoms with van der Waals surface area (Å²) >= 11 is 0. The molecular weight excluding hydrogens is 334 g/mol. The van der Waals surface area contributed by atoms with E-state index in [-0.39, 0.29) is 0 Å². The highest BCUT2D eigenvalue weighted by Gasteiger charge is 2.15. The van der Waals surface area contributed by atoms with Crippen molar-refractivity contribution in [3.05, 3.63) is 60.4 Å². The summed E-state index contributed by atoms with van der Waals surface area (Å²) in [6, 6.07) is 15.5. The Bertz CT molecular complexity index is 1200. The molecule has 0 atom stereocenters. The Hall–Kier alpha value is -2.86. The molecule has 2 heterocycles. The third kappa shape index (κ3) is 2.85. The molecule has 0 aliphatic rings. The summed E-state index contributed by atoms with van der Waals surface area (Å²) in [5.41, 5.74) is 5.51. The Morgan fingerprint density at radius 2 is 1.88 bits per heavy atom. The number of benzene rings is 2. The van der Waals surface area contributed by atoms with Crippen LogP contribution in [-0.4, -0.2) is 24.6 Å². The van der Waals surface area contributed by atoms with Gasteiger partial charge in [0.25, 0.3) is 0 Å². The first-order valence-corrected chi connectivity index (χ1v) is 9.76. The van der Waals surface area contributed by atoms with Gasteiger partial charge < -0.3 is 4.98 Å². The summed E-state index contributed by atoms with van der Waals surface area (Å²) in [5, 5.41) is 2.03. The molecule has 2 aromatic carbocycles. The molecule has 4 aromatic rings. The number of hydrogen-bond donors (Lipinski definition) is 2. The van der Waals surface area contributed by atoms with Crippen molar-refractivity contribution in [2.75, 3.05) is 11.0 Å². The maximum Gasteiger partial charge on any atom is 0.229 e. The van der Waals surface area contributed by atoms with Gasteiger partial charge in [-0.2, -0.15) is 0 Å². The maximum absolute atomic E-state index is 11.5. The highest BCUT2D eigenvalue weighted by atomic mass is 32.2. The highest BCUT2D eigenvalue weighted by Crippen LogP contribution is 2.36. The molecule has 4 rings (SSSR count). The van der Waals surface area contributed by atoms with Crippen molar-refractivity contribution in [2.45, 2.75) is 6.92 Å². The number of para-hydroxylation sites is 1. The minimum atomic E-state index is -3.32. The van der Waals surface area contributed by atoms with Crippen LogP contribution in [0.25, 0.3) is 32.9 Å². The third-order valence-corrected chi connectivity index (χ3v) is 4.80. The maximum atomic E-state index is 11.5. The number of rotatable bonds is 3. The van der Waals surface area contributed by atoms with Crippen molar-refractivity contribution in [3.8, 4) is 11.1 Å². The number of aromatic amines is 1. The first-order valence-electron chi connectivity index (χ1n) is 7.86. The number of nitrogens with one attached hydrogen (secondary N) is 2. The monoisotopic (exact) mass is 351 g/mol. The van der Waals surface area contributed by atoms with Crippen LogP contribution in [0, 0.1) is 6.92 Å². The molecular formula is C19H17N3O2S. The zero-order valence-corrected chi connectivity index (χ0v) is 14.7. The molecule has 5 nitrogen and oxygen atoms in total. The third-order valence-electron chi connectivity index (χ3n) is 4.19. The number of aromatic nitrogens is 2. The number of nitrogens with zero attached hydrogens (tertiary/aromatic N) is 1. The SMILES string of the molecule is Cc1[nH]c2ccc(NS(C)(=O)=O)cc2c1-c1cccc2cccnc12. The zero-order valence-electron chi connectivity index (χ0n) is 13.9. The normalized spacial score (nSPS) is 11.9. The molecule has 0 unspecified atom stereocenters. The van der Waals surface area contributed by atoms with Gasteiger partial charge in [-0.3, -0.25) is 9.71 Å². The van der Waals surface area contributed by atoms with Crippen LogP contribution in [0.15, 0.2) is 54.7 Å². The molecule has 0 saturated heterocycles. The molecule has 0 bridgehead atoms. The van der Waals surface area contributed by atoms with E-state index in [1.54, 1.807) is 12.3 Å². The van der Waals surface area contributed by atoms with Crippen LogP contribution in [0.3, 0.4) is 0 Å². The minimum Gasteiger partial charge on any atom is -0.358 e. The summed E-state index contributed by atoms with van der Waals surface area (Å²) in [6.07, 6.45) is 2.93. The molecule has 2 aromatic heterocycles. The first kappa shape index (κ1) is 15.7. The quantitative estimate of drug-likeness (QED) is 0.584. The van der Waals surface area contributed by atoms with E-state index in [9.17, 15) is 8.42 Å². The van der Waals surface area contributed by atoms with Crippen LogP contribution in [-0.2, 0) is 10.0 Å². The summed E-state index contributed by atoms with van der Waals surface area (Å²) < 4.78 is 25.6. The van der Waals surface area contributed by atoms with Gasteiger partial charge in [0, 0.05) is 45.0 Å². The van der Waals surface area contributed by atoms with Gasteiger partial charge in [-0.1, -0.05) is 24.3 Å². The summed E-state index contributed by atoms with van der Waals surface area (Å²) in [5.74, 6) is 0. The molecule has 25 heavy (non-hydrogen) atoms. The lowest BCUT2D eigenvalue weighted by atomic mass is 9.99. The van der Waals surface area contributed by atoms with Gasteiger partial charge in [-0.05, 0) is 31.2 Å². The van der Waals surface area contributed by atoms with Crippen LogP contribution in [0.5, 0.6) is 0 Å².